The van der Waals surface area contributed by atoms with E-state index in [4.69, 9.17) is 4.74 Å². The Morgan fingerprint density at radius 2 is 2.28 bits per heavy atom. The van der Waals surface area contributed by atoms with Crippen LogP contribution in [0.25, 0.3) is 0 Å². The van der Waals surface area contributed by atoms with Crippen LogP contribution in [0.15, 0.2) is 0 Å². The minimum absolute atomic E-state index is 0.230. The number of nitrogens with zero attached hydrogens (tertiary/aromatic N) is 2. The number of aromatic amines is 1. The van der Waals surface area contributed by atoms with Crippen molar-refractivity contribution in [1.82, 2.24) is 25.8 Å². The van der Waals surface area contributed by atoms with E-state index < -0.39 is 0 Å². The number of aromatic nitrogens is 3. The van der Waals surface area contributed by atoms with Crippen LogP contribution >= 0.6 is 0 Å². The molecule has 0 saturated heterocycles. The van der Waals surface area contributed by atoms with Gasteiger partial charge in [0.1, 0.15) is 5.82 Å². The third-order valence-corrected chi connectivity index (χ3v) is 2.74. The first-order valence-electron chi connectivity index (χ1n) is 6.21. The van der Waals surface area contributed by atoms with Crippen LogP contribution in [-0.4, -0.2) is 54.4 Å². The summed E-state index contributed by atoms with van der Waals surface area (Å²) < 4.78 is 4.90. The van der Waals surface area contributed by atoms with E-state index in [9.17, 15) is 4.79 Å². The van der Waals surface area contributed by atoms with Gasteiger partial charge in [-0.3, -0.25) is 9.89 Å². The van der Waals surface area contributed by atoms with Crippen LogP contribution in [-0.2, 0) is 4.74 Å². The summed E-state index contributed by atoms with van der Waals surface area (Å²) in [6.45, 7) is 2.70. The molecule has 1 amide bonds. The number of H-pyrrole nitrogens is 1. The normalized spacial score (nSPS) is 14.7. The third kappa shape index (κ3) is 3.78. The lowest BCUT2D eigenvalue weighted by atomic mass is 10.4. The molecule has 1 heterocycles. The SMILES string of the molecule is COCCNCCNC(=O)c1n[nH]c(C2CC2)n1. The zero-order valence-corrected chi connectivity index (χ0v) is 10.5. The monoisotopic (exact) mass is 253 g/mol. The molecule has 7 nitrogen and oxygen atoms in total. The standard InChI is InChI=1S/C11H19N5O2/c1-18-7-6-12-4-5-13-11(17)10-14-9(15-16-10)8-2-3-8/h8,12H,2-7H2,1H3,(H,13,17)(H,14,15,16). The molecule has 1 aliphatic carbocycles. The summed E-state index contributed by atoms with van der Waals surface area (Å²) in [7, 11) is 1.66. The fourth-order valence-corrected chi connectivity index (χ4v) is 1.56. The topological polar surface area (TPSA) is 91.9 Å². The van der Waals surface area contributed by atoms with Gasteiger partial charge in [0, 0.05) is 32.7 Å². The van der Waals surface area contributed by atoms with E-state index >= 15 is 0 Å². The molecule has 0 atom stereocenters. The van der Waals surface area contributed by atoms with Crippen molar-refractivity contribution >= 4 is 5.91 Å². The quantitative estimate of drug-likeness (QED) is 0.551. The second-order valence-electron chi connectivity index (χ2n) is 4.32. The number of amides is 1. The largest absolute Gasteiger partial charge is 0.383 e. The van der Waals surface area contributed by atoms with Crippen LogP contribution in [0, 0.1) is 0 Å². The number of carbonyl (C=O) groups excluding carboxylic acids is 1. The number of nitrogens with one attached hydrogen (secondary N) is 3. The average molecular weight is 253 g/mol. The van der Waals surface area contributed by atoms with Gasteiger partial charge in [-0.15, -0.1) is 5.10 Å². The molecule has 0 radical (unpaired) electrons. The fraction of sp³-hybridized carbons (Fsp3) is 0.727. The number of hydrogen-bond donors (Lipinski definition) is 3. The molecule has 1 saturated carbocycles. The van der Waals surface area contributed by atoms with E-state index in [1.807, 2.05) is 0 Å². The van der Waals surface area contributed by atoms with Gasteiger partial charge in [-0.2, -0.15) is 0 Å². The summed E-state index contributed by atoms with van der Waals surface area (Å²) in [6, 6.07) is 0. The Morgan fingerprint density at radius 3 is 3.00 bits per heavy atom. The maximum atomic E-state index is 11.7. The third-order valence-electron chi connectivity index (χ3n) is 2.74. The van der Waals surface area contributed by atoms with Crippen LogP contribution in [0.4, 0.5) is 0 Å². The molecule has 0 bridgehead atoms. The smallest absolute Gasteiger partial charge is 0.291 e. The van der Waals surface area contributed by atoms with Gasteiger partial charge >= 0.3 is 0 Å². The molecule has 1 fully saturated rings. The van der Waals surface area contributed by atoms with Crippen molar-refractivity contribution in [3.05, 3.63) is 11.6 Å². The lowest BCUT2D eigenvalue weighted by Crippen LogP contribution is -2.33. The van der Waals surface area contributed by atoms with E-state index in [2.05, 4.69) is 25.8 Å². The van der Waals surface area contributed by atoms with Gasteiger partial charge in [-0.25, -0.2) is 4.98 Å². The zero-order valence-electron chi connectivity index (χ0n) is 10.5. The number of rotatable bonds is 8. The van der Waals surface area contributed by atoms with E-state index in [0.717, 1.165) is 25.2 Å². The maximum Gasteiger partial charge on any atom is 0.291 e. The lowest BCUT2D eigenvalue weighted by molar-refractivity contribution is 0.0943. The van der Waals surface area contributed by atoms with E-state index in [1.54, 1.807) is 7.11 Å². The molecular formula is C11H19N5O2. The molecule has 3 N–H and O–H groups in total. The number of ether oxygens (including phenoxy) is 1. The number of methoxy groups -OCH3 is 1. The summed E-state index contributed by atoms with van der Waals surface area (Å²) in [5, 5.41) is 12.6. The first-order chi connectivity index (χ1) is 8.81. The molecule has 2 rings (SSSR count). The summed E-state index contributed by atoms with van der Waals surface area (Å²) in [4.78, 5) is 15.9. The number of hydrogen-bond acceptors (Lipinski definition) is 5. The van der Waals surface area contributed by atoms with Crippen LogP contribution in [0.1, 0.15) is 35.2 Å². The van der Waals surface area contributed by atoms with Crippen LogP contribution in [0.5, 0.6) is 0 Å². The van der Waals surface area contributed by atoms with Crippen molar-refractivity contribution in [2.45, 2.75) is 18.8 Å². The lowest BCUT2D eigenvalue weighted by Gasteiger charge is -2.04. The van der Waals surface area contributed by atoms with Crippen LogP contribution in [0.2, 0.25) is 0 Å². The molecule has 1 aromatic rings. The predicted molar refractivity (Wildman–Crippen MR) is 65.4 cm³/mol. The molecular weight excluding hydrogens is 234 g/mol. The predicted octanol–water partition coefficient (Wildman–Crippen LogP) is -0.352. The van der Waals surface area contributed by atoms with Gasteiger partial charge in [0.15, 0.2) is 0 Å². The minimum atomic E-state index is -0.230. The Bertz CT molecular complexity index is 389. The molecule has 0 spiro atoms. The molecule has 0 aliphatic heterocycles. The van der Waals surface area contributed by atoms with Gasteiger partial charge in [0.05, 0.1) is 6.61 Å². The summed E-state index contributed by atoms with van der Waals surface area (Å²) in [6.07, 6.45) is 2.28. The molecule has 0 unspecified atom stereocenters. The van der Waals surface area contributed by atoms with Crippen molar-refractivity contribution in [2.75, 3.05) is 33.4 Å². The first kappa shape index (κ1) is 13.0. The number of carbonyl (C=O) groups is 1. The first-order valence-corrected chi connectivity index (χ1v) is 6.21. The highest BCUT2D eigenvalue weighted by molar-refractivity contribution is 5.90. The van der Waals surface area contributed by atoms with Crippen molar-refractivity contribution in [2.24, 2.45) is 0 Å². The Hall–Kier alpha value is -1.47. The van der Waals surface area contributed by atoms with E-state index in [-0.39, 0.29) is 11.7 Å². The Balaban J connectivity index is 1.64. The summed E-state index contributed by atoms with van der Waals surface area (Å²) in [5.41, 5.74) is 0. The van der Waals surface area contributed by atoms with Gasteiger partial charge in [0.2, 0.25) is 5.82 Å². The highest BCUT2D eigenvalue weighted by Gasteiger charge is 2.28. The van der Waals surface area contributed by atoms with Gasteiger partial charge < -0.3 is 15.4 Å². The fourth-order valence-electron chi connectivity index (χ4n) is 1.56. The molecule has 1 aromatic heterocycles. The molecule has 7 heteroatoms. The van der Waals surface area contributed by atoms with E-state index in [0.29, 0.717) is 25.6 Å². The second-order valence-corrected chi connectivity index (χ2v) is 4.32. The summed E-state index contributed by atoms with van der Waals surface area (Å²) in [5.74, 6) is 1.31. The average Bonchev–Trinajstić information content (AvgIpc) is 3.11. The van der Waals surface area contributed by atoms with Gasteiger partial charge in [-0.1, -0.05) is 0 Å². The minimum Gasteiger partial charge on any atom is -0.383 e. The Labute approximate surface area is 106 Å². The van der Waals surface area contributed by atoms with Crippen LogP contribution < -0.4 is 10.6 Å². The van der Waals surface area contributed by atoms with Crippen molar-refractivity contribution < 1.29 is 9.53 Å². The van der Waals surface area contributed by atoms with Crippen molar-refractivity contribution in [1.29, 1.82) is 0 Å². The molecule has 100 valence electrons. The highest BCUT2D eigenvalue weighted by Crippen LogP contribution is 2.37. The zero-order chi connectivity index (χ0) is 12.8. The Morgan fingerprint density at radius 1 is 1.44 bits per heavy atom. The van der Waals surface area contributed by atoms with Gasteiger partial charge in [0.25, 0.3) is 5.91 Å². The van der Waals surface area contributed by atoms with Crippen molar-refractivity contribution in [3.63, 3.8) is 0 Å². The second kappa shape index (κ2) is 6.46. The summed E-state index contributed by atoms with van der Waals surface area (Å²) >= 11 is 0. The Kier molecular flexibility index (Phi) is 4.66. The highest BCUT2D eigenvalue weighted by atomic mass is 16.5. The van der Waals surface area contributed by atoms with E-state index in [1.165, 1.54) is 0 Å². The van der Waals surface area contributed by atoms with Crippen LogP contribution in [0.3, 0.4) is 0 Å². The maximum absolute atomic E-state index is 11.7. The van der Waals surface area contributed by atoms with Crippen molar-refractivity contribution in [3.8, 4) is 0 Å². The molecule has 18 heavy (non-hydrogen) atoms. The molecule has 1 aliphatic rings. The van der Waals surface area contributed by atoms with Gasteiger partial charge in [-0.05, 0) is 12.8 Å². The molecule has 0 aromatic carbocycles.